The average Bonchev–Trinajstić information content (AvgIpc) is 2.59. The van der Waals surface area contributed by atoms with Crippen molar-refractivity contribution in [3.8, 4) is 0 Å². The Morgan fingerprint density at radius 3 is 2.15 bits per heavy atom. The minimum atomic E-state index is -0.437. The van der Waals surface area contributed by atoms with Gasteiger partial charge in [-0.15, -0.1) is 0 Å². The van der Waals surface area contributed by atoms with Crippen LogP contribution in [0.5, 0.6) is 0 Å². The summed E-state index contributed by atoms with van der Waals surface area (Å²) in [5, 5.41) is 3.70. The number of benzene rings is 1. The summed E-state index contributed by atoms with van der Waals surface area (Å²) in [5.74, 6) is 0.833. The number of piperidine rings is 1. The zero-order valence-electron chi connectivity index (χ0n) is 16.3. The van der Waals surface area contributed by atoms with Gasteiger partial charge in [-0.05, 0) is 48.3 Å². The van der Waals surface area contributed by atoms with Gasteiger partial charge in [-0.2, -0.15) is 0 Å². The molecular formula is C22H35ClN2O2. The molecule has 2 rings (SSSR count). The fourth-order valence-corrected chi connectivity index (χ4v) is 3.61. The Labute approximate surface area is 169 Å². The van der Waals surface area contributed by atoms with Crippen molar-refractivity contribution in [2.24, 2.45) is 11.8 Å². The van der Waals surface area contributed by atoms with Gasteiger partial charge in [0.25, 0.3) is 0 Å². The molecule has 27 heavy (non-hydrogen) atoms. The summed E-state index contributed by atoms with van der Waals surface area (Å²) in [6, 6.07) is 7.57. The van der Waals surface area contributed by atoms with Gasteiger partial charge in [0.2, 0.25) is 11.8 Å². The van der Waals surface area contributed by atoms with Gasteiger partial charge in [0, 0.05) is 24.5 Å². The summed E-state index contributed by atoms with van der Waals surface area (Å²) in [6.45, 7) is 9.45. The summed E-state index contributed by atoms with van der Waals surface area (Å²) in [5.41, 5.74) is 1.28. The number of likely N-dealkylation sites (tertiary alicyclic amines) is 1. The van der Waals surface area contributed by atoms with E-state index in [9.17, 15) is 9.59 Å². The normalized spacial score (nSPS) is 16.2. The summed E-state index contributed by atoms with van der Waals surface area (Å²) in [4.78, 5) is 27.0. The fraction of sp³-hybridized carbons (Fsp3) is 0.636. The van der Waals surface area contributed by atoms with E-state index in [4.69, 9.17) is 11.6 Å². The first-order valence-electron chi connectivity index (χ1n) is 9.61. The summed E-state index contributed by atoms with van der Waals surface area (Å²) in [6.07, 6.45) is 2.34. The van der Waals surface area contributed by atoms with E-state index >= 15 is 0 Å². The van der Waals surface area contributed by atoms with Crippen molar-refractivity contribution in [3.05, 3.63) is 34.9 Å². The molecule has 1 aromatic rings. The van der Waals surface area contributed by atoms with E-state index in [1.54, 1.807) is 0 Å². The second-order valence-corrected chi connectivity index (χ2v) is 8.47. The molecule has 0 unspecified atom stereocenters. The van der Waals surface area contributed by atoms with Crippen LogP contribution in [0, 0.1) is 11.8 Å². The lowest BCUT2D eigenvalue weighted by atomic mass is 9.89. The quantitative estimate of drug-likeness (QED) is 0.748. The lowest BCUT2D eigenvalue weighted by molar-refractivity contribution is -0.138. The third kappa shape index (κ3) is 6.84. The molecule has 0 spiro atoms. The number of hydrogen-bond acceptors (Lipinski definition) is 2. The molecule has 0 bridgehead atoms. The molecule has 2 amide bonds. The van der Waals surface area contributed by atoms with Crippen molar-refractivity contribution in [2.45, 2.75) is 66.3 Å². The van der Waals surface area contributed by atoms with Gasteiger partial charge in [-0.3, -0.25) is 9.59 Å². The van der Waals surface area contributed by atoms with Crippen LogP contribution in [0.1, 0.15) is 65.9 Å². The highest BCUT2D eigenvalue weighted by Crippen LogP contribution is 2.29. The molecule has 1 N–H and O–H groups in total. The number of hydrogen-bond donors (Lipinski definition) is 1. The first-order chi connectivity index (χ1) is 12.3. The minimum Gasteiger partial charge on any atom is -0.344 e. The summed E-state index contributed by atoms with van der Waals surface area (Å²) in [7, 11) is 0. The van der Waals surface area contributed by atoms with Crippen LogP contribution in [-0.2, 0) is 9.59 Å². The first-order valence-corrected chi connectivity index (χ1v) is 9.99. The van der Waals surface area contributed by atoms with E-state index in [1.165, 1.54) is 5.56 Å². The van der Waals surface area contributed by atoms with Crippen LogP contribution < -0.4 is 5.32 Å². The van der Waals surface area contributed by atoms with Gasteiger partial charge in [0.15, 0.2) is 0 Å². The molecule has 1 atom stereocenters. The molecular weight excluding hydrogens is 360 g/mol. The Morgan fingerprint density at radius 2 is 1.67 bits per heavy atom. The van der Waals surface area contributed by atoms with Gasteiger partial charge >= 0.3 is 0 Å². The van der Waals surface area contributed by atoms with Gasteiger partial charge in [-0.25, -0.2) is 0 Å². The Balaban J connectivity index is 0.00000364. The third-order valence-corrected chi connectivity index (χ3v) is 5.24. The SMILES string of the molecule is C.CC(C)CC(=O)N[C@@H](C(=O)N1CCC(c2ccc(Cl)cc2)CC1)C(C)C. The molecule has 1 fully saturated rings. The van der Waals surface area contributed by atoms with Gasteiger partial charge < -0.3 is 10.2 Å². The minimum absolute atomic E-state index is 0. The van der Waals surface area contributed by atoms with E-state index in [-0.39, 0.29) is 31.1 Å². The first kappa shape index (κ1) is 23.5. The standard InChI is InChI=1S/C21H31ClN2O2.CH4/c1-14(2)13-19(25)23-20(15(3)4)21(26)24-11-9-17(10-12-24)16-5-7-18(22)8-6-16;/h5-8,14-15,17,20H,9-13H2,1-4H3,(H,23,25);1H4/t20-;/m1./s1. The predicted octanol–water partition coefficient (Wildman–Crippen LogP) is 4.87. The van der Waals surface area contributed by atoms with Crippen molar-refractivity contribution < 1.29 is 9.59 Å². The van der Waals surface area contributed by atoms with Crippen LogP contribution in [-0.4, -0.2) is 35.8 Å². The molecule has 0 saturated carbocycles. The average molecular weight is 395 g/mol. The number of carbonyl (C=O) groups is 2. The van der Waals surface area contributed by atoms with Crippen LogP contribution in [0.25, 0.3) is 0 Å². The smallest absolute Gasteiger partial charge is 0.245 e. The number of amides is 2. The van der Waals surface area contributed by atoms with E-state index in [1.807, 2.05) is 44.7 Å². The Hall–Kier alpha value is -1.55. The number of nitrogens with one attached hydrogen (secondary N) is 1. The summed E-state index contributed by atoms with van der Waals surface area (Å²) < 4.78 is 0. The number of halogens is 1. The van der Waals surface area contributed by atoms with Crippen LogP contribution >= 0.6 is 11.6 Å². The van der Waals surface area contributed by atoms with Crippen LogP contribution in [0.2, 0.25) is 5.02 Å². The molecule has 1 aliphatic rings. The van der Waals surface area contributed by atoms with E-state index in [0.29, 0.717) is 12.3 Å². The van der Waals surface area contributed by atoms with Crippen molar-refractivity contribution in [2.75, 3.05) is 13.1 Å². The predicted molar refractivity (Wildman–Crippen MR) is 113 cm³/mol. The van der Waals surface area contributed by atoms with Crippen LogP contribution in [0.3, 0.4) is 0 Å². The lowest BCUT2D eigenvalue weighted by Crippen LogP contribution is -2.53. The van der Waals surface area contributed by atoms with Crippen molar-refractivity contribution in [1.82, 2.24) is 10.2 Å². The number of nitrogens with zero attached hydrogens (tertiary/aromatic N) is 1. The van der Waals surface area contributed by atoms with E-state index in [0.717, 1.165) is 31.0 Å². The largest absolute Gasteiger partial charge is 0.344 e. The molecule has 5 heteroatoms. The van der Waals surface area contributed by atoms with Crippen LogP contribution in [0.15, 0.2) is 24.3 Å². The van der Waals surface area contributed by atoms with Crippen molar-refractivity contribution in [1.29, 1.82) is 0 Å². The monoisotopic (exact) mass is 394 g/mol. The van der Waals surface area contributed by atoms with E-state index < -0.39 is 6.04 Å². The molecule has 0 radical (unpaired) electrons. The molecule has 1 heterocycles. The third-order valence-electron chi connectivity index (χ3n) is 4.99. The van der Waals surface area contributed by atoms with E-state index in [2.05, 4.69) is 17.4 Å². The summed E-state index contributed by atoms with van der Waals surface area (Å²) >= 11 is 5.97. The highest BCUT2D eigenvalue weighted by atomic mass is 35.5. The Bertz CT molecular complexity index is 605. The van der Waals surface area contributed by atoms with Gasteiger partial charge in [0.05, 0.1) is 0 Å². The van der Waals surface area contributed by atoms with Gasteiger partial charge in [-0.1, -0.05) is 58.9 Å². The van der Waals surface area contributed by atoms with Crippen molar-refractivity contribution in [3.63, 3.8) is 0 Å². The molecule has 1 saturated heterocycles. The molecule has 152 valence electrons. The maximum Gasteiger partial charge on any atom is 0.245 e. The Morgan fingerprint density at radius 1 is 1.11 bits per heavy atom. The molecule has 1 aromatic carbocycles. The van der Waals surface area contributed by atoms with Crippen LogP contribution in [0.4, 0.5) is 0 Å². The maximum atomic E-state index is 12.9. The molecule has 4 nitrogen and oxygen atoms in total. The molecule has 1 aliphatic heterocycles. The highest BCUT2D eigenvalue weighted by molar-refractivity contribution is 6.30. The molecule has 0 aromatic heterocycles. The number of rotatable bonds is 6. The van der Waals surface area contributed by atoms with Crippen molar-refractivity contribution >= 4 is 23.4 Å². The highest BCUT2D eigenvalue weighted by Gasteiger charge is 2.31. The fourth-order valence-electron chi connectivity index (χ4n) is 3.48. The second kappa shape index (κ2) is 10.7. The second-order valence-electron chi connectivity index (χ2n) is 8.04. The molecule has 0 aliphatic carbocycles. The van der Waals surface area contributed by atoms with Gasteiger partial charge in [0.1, 0.15) is 6.04 Å². The zero-order valence-corrected chi connectivity index (χ0v) is 17.1. The Kier molecular flexibility index (Phi) is 9.31. The zero-order chi connectivity index (χ0) is 19.3. The number of carbonyl (C=O) groups excluding carboxylic acids is 2. The topological polar surface area (TPSA) is 49.4 Å². The lowest BCUT2D eigenvalue weighted by Gasteiger charge is -2.35. The maximum absolute atomic E-state index is 12.9.